The Labute approximate surface area is 121 Å². The Morgan fingerprint density at radius 3 is 2.30 bits per heavy atom. The molecule has 1 aliphatic carbocycles. The van der Waals surface area contributed by atoms with E-state index in [9.17, 15) is 5.11 Å². The number of rotatable bonds is 4. The van der Waals surface area contributed by atoms with Crippen molar-refractivity contribution in [1.29, 1.82) is 0 Å². The standard InChI is InChI=1S/C15H25N3O2/c1-18(2)15(8-6-4-5-7-9-15)13(19)12-14(20-3)17-11-10-16-12/h10-11,13,19H,4-9H2,1-3H3. The Bertz CT molecular complexity index is 429. The van der Waals surface area contributed by atoms with Crippen LogP contribution in [0.2, 0.25) is 0 Å². The van der Waals surface area contributed by atoms with Crippen molar-refractivity contribution in [2.45, 2.75) is 50.2 Å². The largest absolute Gasteiger partial charge is 0.480 e. The zero-order chi connectivity index (χ0) is 14.6. The van der Waals surface area contributed by atoms with E-state index in [1.807, 2.05) is 14.1 Å². The summed E-state index contributed by atoms with van der Waals surface area (Å²) in [5, 5.41) is 11.0. The first kappa shape index (κ1) is 15.2. The number of ether oxygens (including phenoxy) is 1. The van der Waals surface area contributed by atoms with Crippen LogP contribution in [0.4, 0.5) is 0 Å². The molecule has 1 N–H and O–H groups in total. The van der Waals surface area contributed by atoms with Crippen molar-refractivity contribution >= 4 is 0 Å². The number of likely N-dealkylation sites (N-methyl/N-ethyl adjacent to an activating group) is 1. The second-order valence-corrected chi connectivity index (χ2v) is 5.77. The summed E-state index contributed by atoms with van der Waals surface area (Å²) in [6, 6.07) is 0. The summed E-state index contributed by atoms with van der Waals surface area (Å²) in [6.45, 7) is 0. The highest BCUT2D eigenvalue weighted by Crippen LogP contribution is 2.42. The molecule has 1 unspecified atom stereocenters. The van der Waals surface area contributed by atoms with Gasteiger partial charge in [-0.15, -0.1) is 0 Å². The summed E-state index contributed by atoms with van der Waals surface area (Å²) in [7, 11) is 5.64. The molecular weight excluding hydrogens is 254 g/mol. The molecule has 1 fully saturated rings. The first-order chi connectivity index (χ1) is 9.62. The summed E-state index contributed by atoms with van der Waals surface area (Å²) in [5.74, 6) is 0.422. The van der Waals surface area contributed by atoms with Crippen LogP contribution in [-0.4, -0.2) is 46.7 Å². The molecule has 0 aromatic carbocycles. The van der Waals surface area contributed by atoms with Crippen LogP contribution in [0, 0.1) is 0 Å². The normalized spacial score (nSPS) is 20.4. The Morgan fingerprint density at radius 2 is 1.75 bits per heavy atom. The molecule has 5 heteroatoms. The first-order valence-corrected chi connectivity index (χ1v) is 7.32. The fourth-order valence-electron chi connectivity index (χ4n) is 3.24. The van der Waals surface area contributed by atoms with Gasteiger partial charge in [0.05, 0.1) is 12.6 Å². The van der Waals surface area contributed by atoms with E-state index in [1.165, 1.54) is 12.8 Å². The average Bonchev–Trinajstić information content (AvgIpc) is 2.73. The van der Waals surface area contributed by atoms with E-state index in [1.54, 1.807) is 19.5 Å². The van der Waals surface area contributed by atoms with Crippen LogP contribution in [0.1, 0.15) is 50.3 Å². The molecule has 5 nitrogen and oxygen atoms in total. The van der Waals surface area contributed by atoms with Gasteiger partial charge >= 0.3 is 0 Å². The predicted octanol–water partition coefficient (Wildman–Crippen LogP) is 2.17. The van der Waals surface area contributed by atoms with Gasteiger partial charge in [0, 0.05) is 12.4 Å². The van der Waals surface area contributed by atoms with Gasteiger partial charge in [-0.3, -0.25) is 4.98 Å². The van der Waals surface area contributed by atoms with Gasteiger partial charge in [0.1, 0.15) is 11.8 Å². The molecule has 0 saturated heterocycles. The second-order valence-electron chi connectivity index (χ2n) is 5.77. The summed E-state index contributed by atoms with van der Waals surface area (Å²) < 4.78 is 5.26. The van der Waals surface area contributed by atoms with E-state index >= 15 is 0 Å². The van der Waals surface area contributed by atoms with E-state index in [2.05, 4.69) is 14.9 Å². The maximum Gasteiger partial charge on any atom is 0.238 e. The van der Waals surface area contributed by atoms with Crippen LogP contribution in [0.3, 0.4) is 0 Å². The number of methoxy groups -OCH3 is 1. The van der Waals surface area contributed by atoms with Crippen LogP contribution < -0.4 is 4.74 Å². The monoisotopic (exact) mass is 279 g/mol. The van der Waals surface area contributed by atoms with E-state index in [0.29, 0.717) is 11.6 Å². The van der Waals surface area contributed by atoms with E-state index in [4.69, 9.17) is 4.74 Å². The maximum atomic E-state index is 11.0. The molecule has 1 aromatic rings. The number of hydrogen-bond donors (Lipinski definition) is 1. The quantitative estimate of drug-likeness (QED) is 0.856. The number of nitrogens with zero attached hydrogens (tertiary/aromatic N) is 3. The van der Waals surface area contributed by atoms with Crippen molar-refractivity contribution in [3.05, 3.63) is 18.1 Å². The summed E-state index contributed by atoms with van der Waals surface area (Å²) in [4.78, 5) is 10.6. The highest BCUT2D eigenvalue weighted by Gasteiger charge is 2.43. The van der Waals surface area contributed by atoms with Gasteiger partial charge in [-0.2, -0.15) is 0 Å². The molecule has 0 bridgehead atoms. The van der Waals surface area contributed by atoms with Crippen LogP contribution in [0.25, 0.3) is 0 Å². The Morgan fingerprint density at radius 1 is 1.15 bits per heavy atom. The highest BCUT2D eigenvalue weighted by atomic mass is 16.5. The number of aromatic nitrogens is 2. The van der Waals surface area contributed by atoms with E-state index < -0.39 is 6.10 Å². The lowest BCUT2D eigenvalue weighted by Crippen LogP contribution is -2.49. The van der Waals surface area contributed by atoms with Gasteiger partial charge in [0.15, 0.2) is 0 Å². The van der Waals surface area contributed by atoms with Crippen LogP contribution in [0.15, 0.2) is 12.4 Å². The molecule has 0 spiro atoms. The Kier molecular flexibility index (Phi) is 4.94. The minimum Gasteiger partial charge on any atom is -0.480 e. The minimum atomic E-state index is -0.681. The van der Waals surface area contributed by atoms with Gasteiger partial charge in [-0.1, -0.05) is 25.7 Å². The molecule has 20 heavy (non-hydrogen) atoms. The third kappa shape index (κ3) is 2.79. The molecule has 0 amide bonds. The molecule has 1 heterocycles. The predicted molar refractivity (Wildman–Crippen MR) is 77.7 cm³/mol. The fourth-order valence-corrected chi connectivity index (χ4v) is 3.24. The second kappa shape index (κ2) is 6.50. The van der Waals surface area contributed by atoms with Crippen LogP contribution >= 0.6 is 0 Å². The molecular formula is C15H25N3O2. The molecule has 2 rings (SSSR count). The smallest absolute Gasteiger partial charge is 0.238 e. The summed E-state index contributed by atoms with van der Waals surface area (Å²) in [5.41, 5.74) is 0.269. The molecule has 0 radical (unpaired) electrons. The summed E-state index contributed by atoms with van der Waals surface area (Å²) >= 11 is 0. The van der Waals surface area contributed by atoms with Gasteiger partial charge in [0.2, 0.25) is 5.88 Å². The summed E-state index contributed by atoms with van der Waals surface area (Å²) in [6.07, 6.45) is 9.21. The van der Waals surface area contributed by atoms with Crippen molar-refractivity contribution in [1.82, 2.24) is 14.9 Å². The van der Waals surface area contributed by atoms with Crippen molar-refractivity contribution in [2.24, 2.45) is 0 Å². The van der Waals surface area contributed by atoms with Crippen molar-refractivity contribution in [3.63, 3.8) is 0 Å². The van der Waals surface area contributed by atoms with E-state index in [0.717, 1.165) is 25.7 Å². The van der Waals surface area contributed by atoms with Gasteiger partial charge in [0.25, 0.3) is 0 Å². The maximum absolute atomic E-state index is 11.0. The SMILES string of the molecule is COc1nccnc1C(O)C1(N(C)C)CCCCCC1. The van der Waals surface area contributed by atoms with E-state index in [-0.39, 0.29) is 5.54 Å². The molecule has 1 atom stereocenters. The fraction of sp³-hybridized carbons (Fsp3) is 0.733. The van der Waals surface area contributed by atoms with Crippen LogP contribution in [-0.2, 0) is 0 Å². The molecule has 112 valence electrons. The number of hydrogen-bond acceptors (Lipinski definition) is 5. The molecule has 1 saturated carbocycles. The first-order valence-electron chi connectivity index (χ1n) is 7.32. The van der Waals surface area contributed by atoms with Gasteiger partial charge < -0.3 is 14.7 Å². The van der Waals surface area contributed by atoms with Crippen molar-refractivity contribution in [2.75, 3.05) is 21.2 Å². The minimum absolute atomic E-state index is 0.278. The third-order valence-corrected chi connectivity index (χ3v) is 4.51. The Hall–Kier alpha value is -1.20. The van der Waals surface area contributed by atoms with Crippen LogP contribution in [0.5, 0.6) is 5.88 Å². The average molecular weight is 279 g/mol. The topological polar surface area (TPSA) is 58.5 Å². The number of aliphatic hydroxyl groups is 1. The zero-order valence-corrected chi connectivity index (χ0v) is 12.7. The molecule has 1 aromatic heterocycles. The third-order valence-electron chi connectivity index (χ3n) is 4.51. The van der Waals surface area contributed by atoms with Gasteiger partial charge in [-0.05, 0) is 26.9 Å². The molecule has 0 aliphatic heterocycles. The van der Waals surface area contributed by atoms with Gasteiger partial charge in [-0.25, -0.2) is 4.98 Å². The lowest BCUT2D eigenvalue weighted by atomic mass is 9.81. The van der Waals surface area contributed by atoms with Crippen molar-refractivity contribution < 1.29 is 9.84 Å². The lowest BCUT2D eigenvalue weighted by molar-refractivity contribution is -0.0237. The molecule has 1 aliphatic rings. The number of aliphatic hydroxyl groups excluding tert-OH is 1. The van der Waals surface area contributed by atoms with Crippen molar-refractivity contribution in [3.8, 4) is 5.88 Å². The zero-order valence-electron chi connectivity index (χ0n) is 12.7. The lowest BCUT2D eigenvalue weighted by Gasteiger charge is -2.43. The Balaban J connectivity index is 2.37. The highest BCUT2D eigenvalue weighted by molar-refractivity contribution is 5.23.